The van der Waals surface area contributed by atoms with Crippen molar-refractivity contribution in [3.63, 3.8) is 0 Å². The molecule has 1 aliphatic rings. The van der Waals surface area contributed by atoms with E-state index in [0.29, 0.717) is 11.6 Å². The standard InChI is InChI=1S/C10H12ClNO/c1-6-8(5-12)7-3-2-4-9(11)10(7)13-6/h2-4,6,8H,5,12H2,1H3. The van der Waals surface area contributed by atoms with Crippen LogP contribution in [0.1, 0.15) is 18.4 Å². The van der Waals surface area contributed by atoms with Gasteiger partial charge in [0.05, 0.1) is 5.02 Å². The van der Waals surface area contributed by atoms with Crippen LogP contribution in [0.3, 0.4) is 0 Å². The first kappa shape index (κ1) is 8.85. The highest BCUT2D eigenvalue weighted by molar-refractivity contribution is 6.32. The third-order valence-electron chi connectivity index (χ3n) is 2.52. The lowest BCUT2D eigenvalue weighted by molar-refractivity contribution is 0.228. The molecule has 0 spiro atoms. The monoisotopic (exact) mass is 197 g/mol. The number of halogens is 1. The van der Waals surface area contributed by atoms with E-state index in [1.165, 1.54) is 0 Å². The van der Waals surface area contributed by atoms with Crippen LogP contribution in [0.2, 0.25) is 5.02 Å². The van der Waals surface area contributed by atoms with E-state index in [-0.39, 0.29) is 12.0 Å². The molecule has 3 heteroatoms. The van der Waals surface area contributed by atoms with Crippen molar-refractivity contribution in [2.45, 2.75) is 18.9 Å². The van der Waals surface area contributed by atoms with Crippen LogP contribution >= 0.6 is 11.6 Å². The molecule has 13 heavy (non-hydrogen) atoms. The molecule has 0 aromatic heterocycles. The van der Waals surface area contributed by atoms with Gasteiger partial charge in [0.25, 0.3) is 0 Å². The van der Waals surface area contributed by atoms with Crippen LogP contribution in [-0.4, -0.2) is 12.6 Å². The van der Waals surface area contributed by atoms with Gasteiger partial charge in [-0.3, -0.25) is 0 Å². The van der Waals surface area contributed by atoms with Crippen molar-refractivity contribution in [3.8, 4) is 5.75 Å². The zero-order chi connectivity index (χ0) is 9.42. The van der Waals surface area contributed by atoms with Gasteiger partial charge < -0.3 is 10.5 Å². The zero-order valence-electron chi connectivity index (χ0n) is 7.46. The maximum Gasteiger partial charge on any atom is 0.141 e. The Hall–Kier alpha value is -0.730. The molecule has 0 aliphatic carbocycles. The molecule has 2 atom stereocenters. The Kier molecular flexibility index (Phi) is 2.18. The van der Waals surface area contributed by atoms with Gasteiger partial charge in [-0.25, -0.2) is 0 Å². The lowest BCUT2D eigenvalue weighted by Gasteiger charge is -2.10. The summed E-state index contributed by atoms with van der Waals surface area (Å²) in [7, 11) is 0. The SMILES string of the molecule is CC1Oc2c(Cl)cccc2C1CN. The smallest absolute Gasteiger partial charge is 0.141 e. The highest BCUT2D eigenvalue weighted by Crippen LogP contribution is 2.41. The van der Waals surface area contributed by atoms with Crippen molar-refractivity contribution in [2.24, 2.45) is 5.73 Å². The van der Waals surface area contributed by atoms with Crippen LogP contribution < -0.4 is 10.5 Å². The Morgan fingerprint density at radius 1 is 1.54 bits per heavy atom. The third kappa shape index (κ3) is 1.30. The molecule has 70 valence electrons. The lowest BCUT2D eigenvalue weighted by atomic mass is 9.97. The molecular weight excluding hydrogens is 186 g/mol. The number of hydrogen-bond acceptors (Lipinski definition) is 2. The van der Waals surface area contributed by atoms with E-state index in [9.17, 15) is 0 Å². The van der Waals surface area contributed by atoms with Gasteiger partial charge in [0.1, 0.15) is 11.9 Å². The van der Waals surface area contributed by atoms with E-state index in [0.717, 1.165) is 11.3 Å². The molecule has 0 bridgehead atoms. The van der Waals surface area contributed by atoms with Gasteiger partial charge in [0.15, 0.2) is 0 Å². The molecule has 1 aromatic carbocycles. The molecule has 2 N–H and O–H groups in total. The molecule has 2 unspecified atom stereocenters. The van der Waals surface area contributed by atoms with Crippen molar-refractivity contribution in [2.75, 3.05) is 6.54 Å². The van der Waals surface area contributed by atoms with Gasteiger partial charge in [0.2, 0.25) is 0 Å². The molecular formula is C10H12ClNO. The van der Waals surface area contributed by atoms with Crippen LogP contribution in [0.15, 0.2) is 18.2 Å². The van der Waals surface area contributed by atoms with Crippen LogP contribution in [0.4, 0.5) is 0 Å². The van der Waals surface area contributed by atoms with Crippen molar-refractivity contribution < 1.29 is 4.74 Å². The molecule has 1 aromatic rings. The van der Waals surface area contributed by atoms with Crippen molar-refractivity contribution in [3.05, 3.63) is 28.8 Å². The highest BCUT2D eigenvalue weighted by Gasteiger charge is 2.31. The average molecular weight is 198 g/mol. The van der Waals surface area contributed by atoms with Crippen LogP contribution in [0, 0.1) is 0 Å². The molecule has 0 radical (unpaired) electrons. The summed E-state index contributed by atoms with van der Waals surface area (Å²) in [5.74, 6) is 1.10. The summed E-state index contributed by atoms with van der Waals surface area (Å²) < 4.78 is 5.63. The Labute approximate surface area is 82.6 Å². The second kappa shape index (κ2) is 3.20. The first-order chi connectivity index (χ1) is 6.24. The summed E-state index contributed by atoms with van der Waals surface area (Å²) in [6.07, 6.45) is 0.139. The van der Waals surface area contributed by atoms with E-state index in [2.05, 4.69) is 0 Å². The summed E-state index contributed by atoms with van der Waals surface area (Å²) in [6.45, 7) is 2.63. The Balaban J connectivity index is 2.48. The van der Waals surface area contributed by atoms with Gasteiger partial charge in [-0.2, -0.15) is 0 Å². The Bertz CT molecular complexity index is 327. The fourth-order valence-electron chi connectivity index (χ4n) is 1.78. The van der Waals surface area contributed by atoms with Crippen molar-refractivity contribution in [1.29, 1.82) is 0 Å². The van der Waals surface area contributed by atoms with Gasteiger partial charge in [-0.05, 0) is 13.0 Å². The quantitative estimate of drug-likeness (QED) is 0.749. The minimum atomic E-state index is 0.139. The first-order valence-electron chi connectivity index (χ1n) is 4.39. The lowest BCUT2D eigenvalue weighted by Crippen LogP contribution is -2.21. The van der Waals surface area contributed by atoms with Gasteiger partial charge in [0, 0.05) is 18.0 Å². The van der Waals surface area contributed by atoms with E-state index in [1.54, 1.807) is 0 Å². The van der Waals surface area contributed by atoms with Gasteiger partial charge >= 0.3 is 0 Å². The van der Waals surface area contributed by atoms with Crippen LogP contribution in [-0.2, 0) is 0 Å². The van der Waals surface area contributed by atoms with Gasteiger partial charge in [-0.15, -0.1) is 0 Å². The summed E-state index contributed by atoms with van der Waals surface area (Å²) in [6, 6.07) is 5.81. The summed E-state index contributed by atoms with van der Waals surface area (Å²) in [5.41, 5.74) is 6.81. The highest BCUT2D eigenvalue weighted by atomic mass is 35.5. The zero-order valence-corrected chi connectivity index (χ0v) is 8.21. The van der Waals surface area contributed by atoms with E-state index in [1.807, 2.05) is 25.1 Å². The summed E-state index contributed by atoms with van der Waals surface area (Å²) >= 11 is 5.99. The number of benzene rings is 1. The summed E-state index contributed by atoms with van der Waals surface area (Å²) in [4.78, 5) is 0. The van der Waals surface area contributed by atoms with Crippen LogP contribution in [0.25, 0.3) is 0 Å². The third-order valence-corrected chi connectivity index (χ3v) is 2.82. The maximum absolute atomic E-state index is 5.99. The van der Waals surface area contributed by atoms with Crippen molar-refractivity contribution in [1.82, 2.24) is 0 Å². The number of fused-ring (bicyclic) bond motifs is 1. The molecule has 0 amide bonds. The molecule has 2 rings (SSSR count). The number of rotatable bonds is 1. The fourth-order valence-corrected chi connectivity index (χ4v) is 2.01. The largest absolute Gasteiger partial charge is 0.488 e. The van der Waals surface area contributed by atoms with E-state index < -0.39 is 0 Å². The number of ether oxygens (including phenoxy) is 1. The molecule has 0 saturated carbocycles. The van der Waals surface area contributed by atoms with Gasteiger partial charge in [-0.1, -0.05) is 23.7 Å². The minimum absolute atomic E-state index is 0.139. The first-order valence-corrected chi connectivity index (χ1v) is 4.77. The number of nitrogens with two attached hydrogens (primary N) is 1. The fraction of sp³-hybridized carbons (Fsp3) is 0.400. The molecule has 1 aliphatic heterocycles. The molecule has 0 fully saturated rings. The number of hydrogen-bond donors (Lipinski definition) is 1. The molecule has 0 saturated heterocycles. The normalized spacial score (nSPS) is 25.5. The molecule has 2 nitrogen and oxygen atoms in total. The molecule has 1 heterocycles. The predicted octanol–water partition coefficient (Wildman–Crippen LogP) is 2.16. The maximum atomic E-state index is 5.99. The van der Waals surface area contributed by atoms with Crippen molar-refractivity contribution >= 4 is 11.6 Å². The number of para-hydroxylation sites is 1. The van der Waals surface area contributed by atoms with E-state index >= 15 is 0 Å². The Morgan fingerprint density at radius 3 is 3.00 bits per heavy atom. The second-order valence-corrected chi connectivity index (χ2v) is 3.73. The average Bonchev–Trinajstić information content (AvgIpc) is 2.43. The predicted molar refractivity (Wildman–Crippen MR) is 53.3 cm³/mol. The van der Waals surface area contributed by atoms with E-state index in [4.69, 9.17) is 22.1 Å². The second-order valence-electron chi connectivity index (χ2n) is 3.32. The minimum Gasteiger partial charge on any atom is -0.488 e. The summed E-state index contributed by atoms with van der Waals surface area (Å²) in [5, 5.41) is 0.681. The Morgan fingerprint density at radius 2 is 2.31 bits per heavy atom. The van der Waals surface area contributed by atoms with Crippen LogP contribution in [0.5, 0.6) is 5.75 Å². The topological polar surface area (TPSA) is 35.2 Å².